The molecule has 0 N–H and O–H groups in total. The van der Waals surface area contributed by atoms with Crippen LogP contribution >= 0.6 is 0 Å². The second-order valence-electron chi connectivity index (χ2n) is 5.91. The molecule has 2 aromatic rings. The molecule has 1 aliphatic carbocycles. The molecule has 0 saturated heterocycles. The standard InChI is InChI=1S/C18H15N.2C3H8.Y/c1-3-11-17(12-4-1)19(15-16-9-7-8-10-16)18-13-5-2-6-14-18;2*1-3-2;/h1-7,9-11,13H,8,15H2;2*3H2,1-2H3;/q-2;;;. The molecule has 137 valence electrons. The van der Waals surface area contributed by atoms with E-state index < -0.39 is 0 Å². The summed E-state index contributed by atoms with van der Waals surface area (Å²) in [5.41, 5.74) is 3.49. The van der Waals surface area contributed by atoms with Gasteiger partial charge >= 0.3 is 0 Å². The van der Waals surface area contributed by atoms with Gasteiger partial charge in [0.2, 0.25) is 0 Å². The van der Waals surface area contributed by atoms with E-state index >= 15 is 0 Å². The third-order valence-electron chi connectivity index (χ3n) is 3.16. The Bertz CT molecular complexity index is 576. The molecule has 2 aromatic carbocycles. The zero-order chi connectivity index (χ0) is 18.3. The number of para-hydroxylation sites is 2. The molecule has 0 unspecified atom stereocenters. The maximum atomic E-state index is 3.30. The van der Waals surface area contributed by atoms with Crippen molar-refractivity contribution in [3.63, 3.8) is 0 Å². The largest absolute Gasteiger partial charge is 0.383 e. The molecule has 0 fully saturated rings. The van der Waals surface area contributed by atoms with Crippen molar-refractivity contribution in [2.75, 3.05) is 11.4 Å². The van der Waals surface area contributed by atoms with Crippen molar-refractivity contribution >= 4 is 11.4 Å². The van der Waals surface area contributed by atoms with Crippen LogP contribution in [-0.2, 0) is 32.7 Å². The van der Waals surface area contributed by atoms with E-state index in [1.165, 1.54) is 18.4 Å². The van der Waals surface area contributed by atoms with E-state index in [9.17, 15) is 0 Å². The van der Waals surface area contributed by atoms with E-state index in [2.05, 4.69) is 75.1 Å². The maximum Gasteiger partial charge on any atom is 0.0433 e. The minimum atomic E-state index is 0. The third kappa shape index (κ3) is 9.50. The molecule has 0 spiro atoms. The average molecular weight is 422 g/mol. The first-order valence-corrected chi connectivity index (χ1v) is 9.33. The van der Waals surface area contributed by atoms with Gasteiger partial charge in [-0.3, -0.25) is 0 Å². The predicted octanol–water partition coefficient (Wildman–Crippen LogP) is 7.14. The number of benzene rings is 2. The van der Waals surface area contributed by atoms with E-state index in [0.29, 0.717) is 0 Å². The molecule has 3 rings (SSSR count). The van der Waals surface area contributed by atoms with Gasteiger partial charge in [0.25, 0.3) is 0 Å². The average Bonchev–Trinajstić information content (AvgIpc) is 3.16. The van der Waals surface area contributed by atoms with Crippen molar-refractivity contribution in [1.82, 2.24) is 0 Å². The van der Waals surface area contributed by atoms with E-state index in [4.69, 9.17) is 0 Å². The van der Waals surface area contributed by atoms with Gasteiger partial charge in [0.1, 0.15) is 0 Å². The van der Waals surface area contributed by atoms with E-state index in [1.807, 2.05) is 36.4 Å². The summed E-state index contributed by atoms with van der Waals surface area (Å²) in [7, 11) is 0. The van der Waals surface area contributed by atoms with Crippen molar-refractivity contribution in [2.24, 2.45) is 0 Å². The molecule has 0 heterocycles. The van der Waals surface area contributed by atoms with Gasteiger partial charge in [-0.05, 0) is 12.0 Å². The molecule has 0 bridgehead atoms. The summed E-state index contributed by atoms with van der Waals surface area (Å²) in [5.74, 6) is 0. The molecule has 1 radical (unpaired) electrons. The first-order chi connectivity index (χ1) is 12.3. The Morgan fingerprint density at radius 1 is 0.846 bits per heavy atom. The van der Waals surface area contributed by atoms with Gasteiger partial charge in [-0.25, -0.2) is 0 Å². The first-order valence-electron chi connectivity index (χ1n) is 9.33. The minimum absolute atomic E-state index is 0. The van der Waals surface area contributed by atoms with E-state index in [0.717, 1.165) is 24.3 Å². The summed E-state index contributed by atoms with van der Waals surface area (Å²) in [5, 5.41) is 0. The number of allylic oxidation sites excluding steroid dienone is 2. The molecule has 0 saturated carbocycles. The summed E-state index contributed by atoms with van der Waals surface area (Å²) >= 11 is 0. The van der Waals surface area contributed by atoms with Gasteiger partial charge in [0.05, 0.1) is 0 Å². The quantitative estimate of drug-likeness (QED) is 0.473. The van der Waals surface area contributed by atoms with Crippen molar-refractivity contribution in [3.05, 3.63) is 84.5 Å². The van der Waals surface area contributed by atoms with Crippen LogP contribution in [-0.4, -0.2) is 6.54 Å². The topological polar surface area (TPSA) is 3.24 Å². The van der Waals surface area contributed by atoms with Crippen LogP contribution in [0.15, 0.2) is 72.3 Å². The molecule has 2 heteroatoms. The number of rotatable bonds is 4. The summed E-state index contributed by atoms with van der Waals surface area (Å²) in [6, 6.07) is 22.7. The van der Waals surface area contributed by atoms with Crippen molar-refractivity contribution in [1.29, 1.82) is 0 Å². The fourth-order valence-corrected chi connectivity index (χ4v) is 2.21. The second-order valence-corrected chi connectivity index (χ2v) is 5.91. The van der Waals surface area contributed by atoms with E-state index in [1.54, 1.807) is 0 Å². The fraction of sp³-hybridized carbons (Fsp3) is 0.333. The molecule has 1 nitrogen and oxygen atoms in total. The molecular weight excluding hydrogens is 391 g/mol. The summed E-state index contributed by atoms with van der Waals surface area (Å²) in [4.78, 5) is 2.24. The number of hydrogen-bond donors (Lipinski definition) is 0. The Kier molecular flexibility index (Phi) is 15.3. The molecule has 26 heavy (non-hydrogen) atoms. The maximum absolute atomic E-state index is 3.30. The summed E-state index contributed by atoms with van der Waals surface area (Å²) in [6.45, 7) is 9.36. The Labute approximate surface area is 186 Å². The number of hydrogen-bond acceptors (Lipinski definition) is 1. The van der Waals surface area contributed by atoms with Crippen LogP contribution in [0.3, 0.4) is 0 Å². The normalized spacial score (nSPS) is 11.2. The van der Waals surface area contributed by atoms with Crippen LogP contribution in [0.25, 0.3) is 0 Å². The molecule has 0 aliphatic heterocycles. The van der Waals surface area contributed by atoms with E-state index in [-0.39, 0.29) is 32.7 Å². The van der Waals surface area contributed by atoms with Crippen molar-refractivity contribution in [3.8, 4) is 0 Å². The van der Waals surface area contributed by atoms with Crippen LogP contribution in [0, 0.1) is 12.1 Å². The fourth-order valence-electron chi connectivity index (χ4n) is 2.21. The zero-order valence-corrected chi connectivity index (χ0v) is 19.5. The second kappa shape index (κ2) is 16.0. The smallest absolute Gasteiger partial charge is 0.0433 e. The van der Waals surface area contributed by atoms with Gasteiger partial charge < -0.3 is 4.90 Å². The molecular formula is C24H31NY-2. The van der Waals surface area contributed by atoms with Gasteiger partial charge in [0.15, 0.2) is 0 Å². The predicted molar refractivity (Wildman–Crippen MR) is 111 cm³/mol. The van der Waals surface area contributed by atoms with Gasteiger partial charge in [0, 0.05) is 39.3 Å². The Morgan fingerprint density at radius 2 is 1.35 bits per heavy atom. The Balaban J connectivity index is 0.000000793. The Hall–Kier alpha value is -1.18. The summed E-state index contributed by atoms with van der Waals surface area (Å²) < 4.78 is 0. The molecule has 0 aromatic heterocycles. The Morgan fingerprint density at radius 3 is 1.69 bits per heavy atom. The SMILES string of the molecule is CCC.CCC.[Y].[c-]1ccccc1N(CC1=CCC=C1)c1[c-]cccc1. The van der Waals surface area contributed by atoms with Crippen LogP contribution in [0.1, 0.15) is 47.0 Å². The minimum Gasteiger partial charge on any atom is -0.383 e. The van der Waals surface area contributed by atoms with Crippen LogP contribution in [0.2, 0.25) is 0 Å². The van der Waals surface area contributed by atoms with Crippen molar-refractivity contribution < 1.29 is 32.7 Å². The van der Waals surface area contributed by atoms with Gasteiger partial charge in [-0.1, -0.05) is 70.1 Å². The zero-order valence-electron chi connectivity index (χ0n) is 16.7. The van der Waals surface area contributed by atoms with Crippen LogP contribution in [0.5, 0.6) is 0 Å². The number of nitrogens with zero attached hydrogens (tertiary/aromatic N) is 1. The molecule has 0 atom stereocenters. The number of anilines is 2. The van der Waals surface area contributed by atoms with Crippen LogP contribution < -0.4 is 4.90 Å². The van der Waals surface area contributed by atoms with Gasteiger partial charge in [-0.2, -0.15) is 48.5 Å². The van der Waals surface area contributed by atoms with Crippen molar-refractivity contribution in [2.45, 2.75) is 47.0 Å². The summed E-state index contributed by atoms with van der Waals surface area (Å²) in [6.07, 6.45) is 10.2. The van der Waals surface area contributed by atoms with Gasteiger partial charge in [-0.15, -0.1) is 12.1 Å². The molecule has 1 aliphatic rings. The van der Waals surface area contributed by atoms with Crippen LogP contribution in [0.4, 0.5) is 11.4 Å². The monoisotopic (exact) mass is 422 g/mol. The first kappa shape index (κ1) is 24.8. The molecule has 0 amide bonds. The third-order valence-corrected chi connectivity index (χ3v) is 3.16.